The molecular formula is C13H22ClN5. The topological polar surface area (TPSA) is 47.7 Å². The van der Waals surface area contributed by atoms with E-state index in [1.807, 2.05) is 17.1 Å². The van der Waals surface area contributed by atoms with Crippen LogP contribution in [-0.4, -0.2) is 19.6 Å². The van der Waals surface area contributed by atoms with Crippen molar-refractivity contribution in [3.8, 4) is 0 Å². The Balaban J connectivity index is 0.00000180. The first-order chi connectivity index (χ1) is 8.83. The Labute approximate surface area is 120 Å². The molecule has 0 aliphatic rings. The number of hydrogen-bond acceptors (Lipinski definition) is 3. The van der Waals surface area contributed by atoms with E-state index in [-0.39, 0.29) is 12.4 Å². The zero-order chi connectivity index (χ0) is 12.8. The molecule has 2 rings (SSSR count). The summed E-state index contributed by atoms with van der Waals surface area (Å²) in [6.07, 6.45) is 4.98. The molecule has 0 fully saturated rings. The van der Waals surface area contributed by atoms with Crippen LogP contribution in [-0.2, 0) is 26.2 Å². The number of aryl methyl sites for hydroxylation is 2. The summed E-state index contributed by atoms with van der Waals surface area (Å²) in [5.74, 6) is 0. The summed E-state index contributed by atoms with van der Waals surface area (Å²) in [6.45, 7) is 7.78. The van der Waals surface area contributed by atoms with Gasteiger partial charge in [-0.2, -0.15) is 10.2 Å². The van der Waals surface area contributed by atoms with Gasteiger partial charge in [0.05, 0.1) is 11.4 Å². The minimum atomic E-state index is 0. The molecule has 2 aromatic heterocycles. The van der Waals surface area contributed by atoms with Crippen molar-refractivity contribution in [2.24, 2.45) is 0 Å². The first-order valence-corrected chi connectivity index (χ1v) is 6.57. The molecule has 0 atom stereocenters. The molecule has 5 nitrogen and oxygen atoms in total. The van der Waals surface area contributed by atoms with Gasteiger partial charge in [0.2, 0.25) is 0 Å². The first kappa shape index (κ1) is 15.7. The van der Waals surface area contributed by atoms with Crippen LogP contribution in [0.1, 0.15) is 31.7 Å². The first-order valence-electron chi connectivity index (χ1n) is 6.57. The maximum atomic E-state index is 4.44. The fraction of sp³-hybridized carbons (Fsp3) is 0.538. The molecule has 0 saturated carbocycles. The summed E-state index contributed by atoms with van der Waals surface area (Å²) in [7, 11) is 0. The number of nitrogens with zero attached hydrogens (tertiary/aromatic N) is 4. The Morgan fingerprint density at radius 2 is 2.05 bits per heavy atom. The van der Waals surface area contributed by atoms with E-state index in [1.165, 1.54) is 5.69 Å². The van der Waals surface area contributed by atoms with Crippen molar-refractivity contribution in [3.05, 3.63) is 35.9 Å². The molecule has 0 unspecified atom stereocenters. The van der Waals surface area contributed by atoms with Crippen LogP contribution < -0.4 is 5.32 Å². The number of nitrogens with one attached hydrogen (secondary N) is 1. The highest BCUT2D eigenvalue weighted by atomic mass is 35.5. The SMILES string of the molecule is CCCn1nccc1CNCc1ccn(CC)n1.Cl. The number of halogens is 1. The van der Waals surface area contributed by atoms with Crippen LogP contribution in [0.4, 0.5) is 0 Å². The minimum absolute atomic E-state index is 0. The van der Waals surface area contributed by atoms with Crippen LogP contribution in [0.5, 0.6) is 0 Å². The molecule has 19 heavy (non-hydrogen) atoms. The number of rotatable bonds is 7. The molecule has 0 aliphatic heterocycles. The van der Waals surface area contributed by atoms with Gasteiger partial charge in [-0.25, -0.2) is 0 Å². The van der Waals surface area contributed by atoms with Gasteiger partial charge < -0.3 is 5.32 Å². The average molecular weight is 284 g/mol. The molecule has 6 heteroatoms. The molecule has 0 amide bonds. The van der Waals surface area contributed by atoms with Gasteiger partial charge in [-0.05, 0) is 25.5 Å². The van der Waals surface area contributed by atoms with Crippen molar-refractivity contribution in [1.29, 1.82) is 0 Å². The van der Waals surface area contributed by atoms with Crippen LogP contribution in [0.3, 0.4) is 0 Å². The van der Waals surface area contributed by atoms with E-state index in [9.17, 15) is 0 Å². The third kappa shape index (κ3) is 4.36. The molecule has 0 spiro atoms. The quantitative estimate of drug-likeness (QED) is 0.848. The lowest BCUT2D eigenvalue weighted by Crippen LogP contribution is -2.17. The van der Waals surface area contributed by atoms with Crippen LogP contribution in [0.25, 0.3) is 0 Å². The molecule has 0 aromatic carbocycles. The second-order valence-corrected chi connectivity index (χ2v) is 4.31. The van der Waals surface area contributed by atoms with Gasteiger partial charge in [0, 0.05) is 38.6 Å². The van der Waals surface area contributed by atoms with Crippen LogP contribution in [0.2, 0.25) is 0 Å². The second kappa shape index (κ2) is 7.96. The minimum Gasteiger partial charge on any atom is -0.305 e. The fourth-order valence-electron chi connectivity index (χ4n) is 1.92. The van der Waals surface area contributed by atoms with E-state index in [4.69, 9.17) is 0 Å². The Kier molecular flexibility index (Phi) is 6.59. The van der Waals surface area contributed by atoms with Crippen molar-refractivity contribution < 1.29 is 0 Å². The maximum absolute atomic E-state index is 4.44. The third-order valence-electron chi connectivity index (χ3n) is 2.87. The van der Waals surface area contributed by atoms with Gasteiger partial charge in [-0.3, -0.25) is 9.36 Å². The summed E-state index contributed by atoms with van der Waals surface area (Å²) in [4.78, 5) is 0. The molecule has 0 radical (unpaired) electrons. The van der Waals surface area contributed by atoms with Crippen LogP contribution >= 0.6 is 12.4 Å². The summed E-state index contributed by atoms with van der Waals surface area (Å²) in [6, 6.07) is 4.12. The molecule has 106 valence electrons. The van der Waals surface area contributed by atoms with Crippen molar-refractivity contribution in [2.45, 2.75) is 46.4 Å². The Morgan fingerprint density at radius 1 is 1.21 bits per heavy atom. The summed E-state index contributed by atoms with van der Waals surface area (Å²) in [5, 5.41) is 12.1. The molecule has 0 bridgehead atoms. The lowest BCUT2D eigenvalue weighted by molar-refractivity contribution is 0.545. The van der Waals surface area contributed by atoms with Crippen LogP contribution in [0, 0.1) is 0 Å². The maximum Gasteiger partial charge on any atom is 0.0762 e. The lowest BCUT2D eigenvalue weighted by Gasteiger charge is -2.06. The second-order valence-electron chi connectivity index (χ2n) is 4.31. The summed E-state index contributed by atoms with van der Waals surface area (Å²) >= 11 is 0. The fourth-order valence-corrected chi connectivity index (χ4v) is 1.92. The van der Waals surface area contributed by atoms with Crippen molar-refractivity contribution in [3.63, 3.8) is 0 Å². The number of hydrogen-bond donors (Lipinski definition) is 1. The highest BCUT2D eigenvalue weighted by Gasteiger charge is 2.02. The van der Waals surface area contributed by atoms with Gasteiger partial charge in [0.25, 0.3) is 0 Å². The monoisotopic (exact) mass is 283 g/mol. The normalized spacial score (nSPS) is 10.4. The van der Waals surface area contributed by atoms with E-state index < -0.39 is 0 Å². The van der Waals surface area contributed by atoms with Crippen molar-refractivity contribution >= 4 is 12.4 Å². The molecule has 2 heterocycles. The largest absolute Gasteiger partial charge is 0.305 e. The van der Waals surface area contributed by atoms with Crippen molar-refractivity contribution in [1.82, 2.24) is 24.9 Å². The Morgan fingerprint density at radius 3 is 2.74 bits per heavy atom. The van der Waals surface area contributed by atoms with Crippen LogP contribution in [0.15, 0.2) is 24.5 Å². The van der Waals surface area contributed by atoms with E-state index in [1.54, 1.807) is 0 Å². The third-order valence-corrected chi connectivity index (χ3v) is 2.87. The Bertz CT molecular complexity index is 477. The molecule has 1 N–H and O–H groups in total. The summed E-state index contributed by atoms with van der Waals surface area (Å²) < 4.78 is 4.00. The molecule has 0 aliphatic carbocycles. The van der Waals surface area contributed by atoms with E-state index in [0.717, 1.165) is 38.3 Å². The Hall–Kier alpha value is -1.33. The zero-order valence-corrected chi connectivity index (χ0v) is 12.4. The summed E-state index contributed by atoms with van der Waals surface area (Å²) in [5.41, 5.74) is 2.31. The van der Waals surface area contributed by atoms with E-state index >= 15 is 0 Å². The average Bonchev–Trinajstić information content (AvgIpc) is 3.00. The van der Waals surface area contributed by atoms with E-state index in [0.29, 0.717) is 0 Å². The van der Waals surface area contributed by atoms with Gasteiger partial charge >= 0.3 is 0 Å². The van der Waals surface area contributed by atoms with Gasteiger partial charge in [0.1, 0.15) is 0 Å². The molecule has 2 aromatic rings. The smallest absolute Gasteiger partial charge is 0.0762 e. The van der Waals surface area contributed by atoms with Gasteiger partial charge in [-0.15, -0.1) is 12.4 Å². The lowest BCUT2D eigenvalue weighted by atomic mass is 10.3. The van der Waals surface area contributed by atoms with E-state index in [2.05, 4.69) is 46.2 Å². The highest BCUT2D eigenvalue weighted by molar-refractivity contribution is 5.85. The van der Waals surface area contributed by atoms with Crippen molar-refractivity contribution in [2.75, 3.05) is 0 Å². The standard InChI is InChI=1S/C13H21N5.ClH/c1-3-8-18-13(5-7-15-18)11-14-10-12-6-9-17(4-2)16-12;/h5-7,9,14H,3-4,8,10-11H2,1-2H3;1H. The predicted molar refractivity (Wildman–Crippen MR) is 78.2 cm³/mol. The van der Waals surface area contributed by atoms with Gasteiger partial charge in [-0.1, -0.05) is 6.92 Å². The van der Waals surface area contributed by atoms with Gasteiger partial charge in [0.15, 0.2) is 0 Å². The zero-order valence-electron chi connectivity index (χ0n) is 11.5. The molecular weight excluding hydrogens is 262 g/mol. The highest BCUT2D eigenvalue weighted by Crippen LogP contribution is 2.01. The number of aromatic nitrogens is 4. The molecule has 0 saturated heterocycles. The predicted octanol–water partition coefficient (Wildman–Crippen LogP) is 2.22.